The average Bonchev–Trinajstić information content (AvgIpc) is 2.88. The van der Waals surface area contributed by atoms with Crippen molar-refractivity contribution in [1.82, 2.24) is 10.3 Å². The topological polar surface area (TPSA) is 38.1 Å². The standard InChI is InChI=1S/C14H16N2O.ClH/c1-2-14-16-12-4-10-8-3-9(7-15-6-8)11(10)5-13(12)17-14;/h4-5,8-9,15H,2-3,6-7H2,1H3;1H. The molecule has 2 heterocycles. The van der Waals surface area contributed by atoms with E-state index in [1.165, 1.54) is 17.5 Å². The van der Waals surface area contributed by atoms with Crippen molar-refractivity contribution in [2.45, 2.75) is 31.6 Å². The molecule has 0 amide bonds. The first-order chi connectivity index (χ1) is 8.35. The molecule has 2 aromatic rings. The van der Waals surface area contributed by atoms with Gasteiger partial charge in [-0.05, 0) is 41.5 Å². The molecule has 1 N–H and O–H groups in total. The lowest BCUT2D eigenvalue weighted by Crippen LogP contribution is -2.28. The Morgan fingerprint density at radius 3 is 2.72 bits per heavy atom. The first-order valence-electron chi connectivity index (χ1n) is 6.49. The fourth-order valence-electron chi connectivity index (χ4n) is 3.33. The van der Waals surface area contributed by atoms with Gasteiger partial charge >= 0.3 is 0 Å². The molecule has 0 radical (unpaired) electrons. The Morgan fingerprint density at radius 2 is 2.00 bits per heavy atom. The third kappa shape index (κ3) is 1.57. The molecule has 1 aliphatic heterocycles. The van der Waals surface area contributed by atoms with Gasteiger partial charge in [-0.2, -0.15) is 0 Å². The van der Waals surface area contributed by atoms with Gasteiger partial charge in [0, 0.05) is 19.5 Å². The van der Waals surface area contributed by atoms with Gasteiger partial charge in [-0.25, -0.2) is 4.98 Å². The lowest BCUT2D eigenvalue weighted by molar-refractivity contribution is 0.453. The number of aromatic nitrogens is 1. The second-order valence-electron chi connectivity index (χ2n) is 5.20. The van der Waals surface area contributed by atoms with E-state index in [-0.39, 0.29) is 12.4 Å². The van der Waals surface area contributed by atoms with E-state index in [0.717, 1.165) is 36.5 Å². The lowest BCUT2D eigenvalue weighted by Gasteiger charge is -2.19. The molecule has 4 rings (SSSR count). The van der Waals surface area contributed by atoms with Crippen LogP contribution in [0.15, 0.2) is 16.5 Å². The summed E-state index contributed by atoms with van der Waals surface area (Å²) in [6, 6.07) is 4.49. The third-order valence-corrected chi connectivity index (χ3v) is 4.17. The smallest absolute Gasteiger partial charge is 0.195 e. The maximum atomic E-state index is 5.76. The molecular formula is C14H17ClN2O. The molecule has 0 spiro atoms. The number of nitrogens with one attached hydrogen (secondary N) is 1. The van der Waals surface area contributed by atoms with Crippen molar-refractivity contribution < 1.29 is 4.42 Å². The van der Waals surface area contributed by atoms with Crippen molar-refractivity contribution in [2.24, 2.45) is 0 Å². The van der Waals surface area contributed by atoms with Crippen LogP contribution in [0.4, 0.5) is 0 Å². The Bertz CT molecular complexity index is 546. The van der Waals surface area contributed by atoms with Gasteiger partial charge in [-0.1, -0.05) is 6.92 Å². The molecule has 3 nitrogen and oxygen atoms in total. The van der Waals surface area contributed by atoms with Crippen LogP contribution < -0.4 is 5.32 Å². The minimum atomic E-state index is 0. The summed E-state index contributed by atoms with van der Waals surface area (Å²) in [5.74, 6) is 2.23. The van der Waals surface area contributed by atoms with Gasteiger partial charge in [0.05, 0.1) is 0 Å². The van der Waals surface area contributed by atoms with E-state index in [2.05, 4.69) is 29.4 Å². The zero-order valence-corrected chi connectivity index (χ0v) is 11.2. The van der Waals surface area contributed by atoms with Gasteiger partial charge in [0.1, 0.15) is 5.52 Å². The van der Waals surface area contributed by atoms with E-state index < -0.39 is 0 Å². The molecule has 1 fully saturated rings. The van der Waals surface area contributed by atoms with Gasteiger partial charge in [-0.3, -0.25) is 0 Å². The number of nitrogens with zero attached hydrogens (tertiary/aromatic N) is 1. The van der Waals surface area contributed by atoms with Crippen LogP contribution in [0.2, 0.25) is 0 Å². The van der Waals surface area contributed by atoms with Crippen LogP contribution in [0.3, 0.4) is 0 Å². The monoisotopic (exact) mass is 264 g/mol. The van der Waals surface area contributed by atoms with Crippen LogP contribution >= 0.6 is 12.4 Å². The number of hydrogen-bond acceptors (Lipinski definition) is 3. The second kappa shape index (κ2) is 4.25. The highest BCUT2D eigenvalue weighted by atomic mass is 35.5. The SMILES string of the molecule is CCc1nc2cc3c(cc2o1)C1CNCC3C1.Cl. The van der Waals surface area contributed by atoms with E-state index in [0.29, 0.717) is 11.8 Å². The van der Waals surface area contributed by atoms with Crippen LogP contribution in [-0.2, 0) is 6.42 Å². The van der Waals surface area contributed by atoms with E-state index >= 15 is 0 Å². The quantitative estimate of drug-likeness (QED) is 0.861. The normalized spacial score (nSPS) is 24.9. The van der Waals surface area contributed by atoms with E-state index in [1.807, 2.05) is 0 Å². The highest BCUT2D eigenvalue weighted by molar-refractivity contribution is 5.85. The molecule has 4 heteroatoms. The first-order valence-corrected chi connectivity index (χ1v) is 6.49. The molecule has 1 aromatic heterocycles. The minimum absolute atomic E-state index is 0. The van der Waals surface area contributed by atoms with Crippen molar-refractivity contribution in [1.29, 1.82) is 0 Å². The average molecular weight is 265 g/mol. The van der Waals surface area contributed by atoms with E-state index in [1.54, 1.807) is 0 Å². The number of halogens is 1. The molecule has 2 aliphatic rings. The summed E-state index contributed by atoms with van der Waals surface area (Å²) >= 11 is 0. The van der Waals surface area contributed by atoms with Crippen LogP contribution in [0, 0.1) is 0 Å². The highest BCUT2D eigenvalue weighted by Crippen LogP contribution is 2.44. The van der Waals surface area contributed by atoms with Crippen LogP contribution in [0.1, 0.15) is 42.2 Å². The van der Waals surface area contributed by atoms with Gasteiger partial charge in [-0.15, -0.1) is 12.4 Å². The Balaban J connectivity index is 0.000001000. The molecule has 96 valence electrons. The number of oxazole rings is 1. The largest absolute Gasteiger partial charge is 0.441 e. The van der Waals surface area contributed by atoms with E-state index in [4.69, 9.17) is 4.42 Å². The van der Waals surface area contributed by atoms with Crippen molar-refractivity contribution in [2.75, 3.05) is 13.1 Å². The number of benzene rings is 1. The molecule has 0 saturated carbocycles. The molecular weight excluding hydrogens is 248 g/mol. The number of aryl methyl sites for hydroxylation is 1. The summed E-state index contributed by atoms with van der Waals surface area (Å²) < 4.78 is 5.76. The summed E-state index contributed by atoms with van der Waals surface area (Å²) in [6.45, 7) is 4.31. The Morgan fingerprint density at radius 1 is 1.28 bits per heavy atom. The molecule has 2 atom stereocenters. The summed E-state index contributed by atoms with van der Waals surface area (Å²) in [7, 11) is 0. The fraction of sp³-hybridized carbons (Fsp3) is 0.500. The van der Waals surface area contributed by atoms with Crippen LogP contribution in [-0.4, -0.2) is 18.1 Å². The van der Waals surface area contributed by atoms with Gasteiger partial charge in [0.25, 0.3) is 0 Å². The fourth-order valence-corrected chi connectivity index (χ4v) is 3.33. The zero-order chi connectivity index (χ0) is 11.4. The molecule has 2 unspecified atom stereocenters. The van der Waals surface area contributed by atoms with Gasteiger partial charge in [0.15, 0.2) is 11.5 Å². The van der Waals surface area contributed by atoms with Crippen molar-refractivity contribution in [3.8, 4) is 0 Å². The maximum Gasteiger partial charge on any atom is 0.195 e. The van der Waals surface area contributed by atoms with Crippen LogP contribution in [0.5, 0.6) is 0 Å². The van der Waals surface area contributed by atoms with Crippen molar-refractivity contribution in [3.05, 3.63) is 29.2 Å². The number of hydrogen-bond donors (Lipinski definition) is 1. The molecule has 1 aromatic carbocycles. The highest BCUT2D eigenvalue weighted by Gasteiger charge is 2.34. The molecule has 2 bridgehead atoms. The predicted octanol–water partition coefficient (Wildman–Crippen LogP) is 2.99. The Hall–Kier alpha value is -1.06. The minimum Gasteiger partial charge on any atom is -0.441 e. The van der Waals surface area contributed by atoms with Gasteiger partial charge in [0.2, 0.25) is 0 Å². The predicted molar refractivity (Wildman–Crippen MR) is 73.6 cm³/mol. The third-order valence-electron chi connectivity index (χ3n) is 4.17. The van der Waals surface area contributed by atoms with Gasteiger partial charge < -0.3 is 9.73 Å². The Kier molecular flexibility index (Phi) is 2.83. The number of rotatable bonds is 1. The second-order valence-corrected chi connectivity index (χ2v) is 5.20. The maximum absolute atomic E-state index is 5.76. The molecule has 18 heavy (non-hydrogen) atoms. The van der Waals surface area contributed by atoms with Crippen LogP contribution in [0.25, 0.3) is 11.1 Å². The molecule has 1 aliphatic carbocycles. The summed E-state index contributed by atoms with van der Waals surface area (Å²) in [6.07, 6.45) is 2.17. The van der Waals surface area contributed by atoms with E-state index in [9.17, 15) is 0 Å². The zero-order valence-electron chi connectivity index (χ0n) is 10.4. The first kappa shape index (κ1) is 12.0. The Labute approximate surface area is 112 Å². The molecule has 1 saturated heterocycles. The summed E-state index contributed by atoms with van der Waals surface area (Å²) in [4.78, 5) is 4.54. The van der Waals surface area contributed by atoms with Crippen molar-refractivity contribution in [3.63, 3.8) is 0 Å². The number of fused-ring (bicyclic) bond motifs is 6. The summed E-state index contributed by atoms with van der Waals surface area (Å²) in [5, 5.41) is 3.51. The lowest BCUT2D eigenvalue weighted by atomic mass is 9.98. The van der Waals surface area contributed by atoms with Crippen molar-refractivity contribution >= 4 is 23.5 Å². The number of piperidine rings is 1. The summed E-state index contributed by atoms with van der Waals surface area (Å²) in [5.41, 5.74) is 5.00.